The van der Waals surface area contributed by atoms with Crippen molar-refractivity contribution in [3.63, 3.8) is 0 Å². The first kappa shape index (κ1) is 39.4. The van der Waals surface area contributed by atoms with Crippen molar-refractivity contribution in [3.05, 3.63) is 229 Å². The molecular formula is C65H40N6. The molecule has 6 nitrogen and oxygen atoms in total. The van der Waals surface area contributed by atoms with Crippen LogP contribution in [0.1, 0.15) is 36.1 Å². The molecule has 0 radical (unpaired) electrons. The van der Waals surface area contributed by atoms with Gasteiger partial charge in [-0.15, -0.1) is 0 Å². The number of aromatic nitrogens is 4. The number of benzene rings is 10. The molecule has 0 fully saturated rings. The molecule has 330 valence electrons. The third-order valence-electron chi connectivity index (χ3n) is 15.6. The molecular weight excluding hydrogens is 865 g/mol. The van der Waals surface area contributed by atoms with Crippen molar-refractivity contribution >= 4 is 87.2 Å². The fourth-order valence-electron chi connectivity index (χ4n) is 12.8. The molecule has 0 bridgehead atoms. The van der Waals surface area contributed by atoms with Crippen molar-refractivity contribution in [1.29, 1.82) is 10.5 Å². The van der Waals surface area contributed by atoms with Crippen LogP contribution in [0.4, 0.5) is 0 Å². The Balaban J connectivity index is 1.26. The molecule has 0 amide bonds. The SMILES string of the molecule is CC1(C)c2ccccc2-c2ccc3c(c21)c1ccccc1n3-c1c(C#N)c(-n2c3ccccc3c3ccccc32)c(-n2c3ccccc3c3ccccc32)c(-n2c3ccccc3c3ccccc32)c1C#N. The number of rotatable bonds is 4. The smallest absolute Gasteiger partial charge is 0.104 e. The molecule has 0 aliphatic heterocycles. The topological polar surface area (TPSA) is 67.3 Å². The summed E-state index contributed by atoms with van der Waals surface area (Å²) in [6.07, 6.45) is 0. The van der Waals surface area contributed by atoms with Crippen molar-refractivity contribution in [1.82, 2.24) is 18.3 Å². The van der Waals surface area contributed by atoms with E-state index in [2.05, 4.69) is 251 Å². The van der Waals surface area contributed by atoms with Crippen LogP contribution < -0.4 is 0 Å². The number of hydrogen-bond acceptors (Lipinski definition) is 2. The fraction of sp³-hybridized carbons (Fsp3) is 0.0462. The monoisotopic (exact) mass is 904 g/mol. The molecule has 0 saturated heterocycles. The quantitative estimate of drug-likeness (QED) is 0.177. The van der Waals surface area contributed by atoms with Gasteiger partial charge in [0, 0.05) is 48.5 Å². The van der Waals surface area contributed by atoms with E-state index in [0.29, 0.717) is 28.2 Å². The van der Waals surface area contributed by atoms with Gasteiger partial charge in [-0.1, -0.05) is 172 Å². The highest BCUT2D eigenvalue weighted by Crippen LogP contribution is 2.55. The van der Waals surface area contributed by atoms with Crippen LogP contribution in [0, 0.1) is 22.7 Å². The molecule has 10 aromatic carbocycles. The van der Waals surface area contributed by atoms with Crippen molar-refractivity contribution in [3.8, 4) is 46.0 Å². The van der Waals surface area contributed by atoms with Crippen LogP contribution in [0.2, 0.25) is 0 Å². The maximum absolute atomic E-state index is 12.5. The van der Waals surface area contributed by atoms with Crippen molar-refractivity contribution in [2.75, 3.05) is 0 Å². The molecule has 0 unspecified atom stereocenters. The van der Waals surface area contributed by atoms with Crippen LogP contribution in [0.3, 0.4) is 0 Å². The second-order valence-electron chi connectivity index (χ2n) is 19.4. The lowest BCUT2D eigenvalue weighted by Gasteiger charge is -2.27. The summed E-state index contributed by atoms with van der Waals surface area (Å²) in [6.45, 7) is 4.65. The number of hydrogen-bond donors (Lipinski definition) is 0. The Bertz CT molecular complexity index is 4450. The van der Waals surface area contributed by atoms with Crippen LogP contribution in [-0.4, -0.2) is 18.3 Å². The lowest BCUT2D eigenvalue weighted by Crippen LogP contribution is -2.17. The normalized spacial score (nSPS) is 13.0. The van der Waals surface area contributed by atoms with E-state index in [1.807, 2.05) is 0 Å². The summed E-state index contributed by atoms with van der Waals surface area (Å²) >= 11 is 0. The zero-order valence-electron chi connectivity index (χ0n) is 38.8. The Morgan fingerprint density at radius 3 is 1.04 bits per heavy atom. The van der Waals surface area contributed by atoms with Crippen molar-refractivity contribution < 1.29 is 0 Å². The third-order valence-corrected chi connectivity index (χ3v) is 15.6. The molecule has 71 heavy (non-hydrogen) atoms. The van der Waals surface area contributed by atoms with Crippen LogP contribution in [0.25, 0.3) is 121 Å². The summed E-state index contributed by atoms with van der Waals surface area (Å²) in [6, 6.07) is 78.6. The van der Waals surface area contributed by atoms with E-state index in [0.717, 1.165) is 92.9 Å². The fourth-order valence-corrected chi connectivity index (χ4v) is 12.8. The number of nitriles is 2. The lowest BCUT2D eigenvalue weighted by molar-refractivity contribution is 0.666. The Morgan fingerprint density at radius 1 is 0.310 bits per heavy atom. The van der Waals surface area contributed by atoms with E-state index in [-0.39, 0.29) is 5.41 Å². The average Bonchev–Trinajstić information content (AvgIpc) is 4.20. The Labute approximate surface area is 407 Å². The summed E-state index contributed by atoms with van der Waals surface area (Å²) in [5.41, 5.74) is 15.7. The van der Waals surface area contributed by atoms with E-state index >= 15 is 0 Å². The third kappa shape index (κ3) is 4.98. The molecule has 1 aliphatic carbocycles. The van der Waals surface area contributed by atoms with Gasteiger partial charge in [-0.25, -0.2) is 0 Å². The first-order valence-electron chi connectivity index (χ1n) is 24.2. The molecule has 6 heteroatoms. The van der Waals surface area contributed by atoms with Gasteiger partial charge < -0.3 is 18.3 Å². The highest BCUT2D eigenvalue weighted by Gasteiger charge is 2.40. The second kappa shape index (κ2) is 14.2. The first-order valence-corrected chi connectivity index (χ1v) is 24.2. The Kier molecular flexibility index (Phi) is 7.88. The first-order chi connectivity index (χ1) is 35.0. The van der Waals surface area contributed by atoms with Gasteiger partial charge in [-0.2, -0.15) is 10.5 Å². The standard InChI is InChI=1S/C65H40N6/c1-65(2)50-27-11-3-19-39(50)46-35-36-58-59(60(46)65)47-26-10-18-34-57(47)71(58)61-48(37-66)62(68-51-28-12-4-20-40(51)41-21-5-13-29-52(41)68)64(70-55-32-16-8-24-44(55)45-25-9-17-33-56(45)70)63(49(61)38-67)69-53-30-14-6-22-42(53)43-23-7-15-31-54(43)69/h3-36H,1-2H3. The Morgan fingerprint density at radius 2 is 0.634 bits per heavy atom. The molecule has 14 aromatic rings. The van der Waals surface area contributed by atoms with Crippen LogP contribution in [0.15, 0.2) is 206 Å². The average molecular weight is 905 g/mol. The van der Waals surface area contributed by atoms with E-state index in [9.17, 15) is 10.5 Å². The summed E-state index contributed by atoms with van der Waals surface area (Å²) in [4.78, 5) is 0. The molecule has 15 rings (SSSR count). The van der Waals surface area contributed by atoms with Gasteiger partial charge in [0.1, 0.15) is 23.3 Å². The summed E-state index contributed by atoms with van der Waals surface area (Å²) in [5.74, 6) is 0. The predicted octanol–water partition coefficient (Wildman–Crippen LogP) is 16.1. The van der Waals surface area contributed by atoms with E-state index in [4.69, 9.17) is 0 Å². The van der Waals surface area contributed by atoms with Crippen molar-refractivity contribution in [2.24, 2.45) is 0 Å². The molecule has 0 atom stereocenters. The minimum Gasteiger partial charge on any atom is -0.306 e. The molecule has 0 saturated carbocycles. The molecule has 4 heterocycles. The Hall–Kier alpha value is -9.62. The van der Waals surface area contributed by atoms with Crippen LogP contribution in [0.5, 0.6) is 0 Å². The van der Waals surface area contributed by atoms with E-state index in [1.54, 1.807) is 0 Å². The number of fused-ring (bicyclic) bond motifs is 16. The number of nitrogens with zero attached hydrogens (tertiary/aromatic N) is 6. The maximum atomic E-state index is 12.5. The largest absolute Gasteiger partial charge is 0.306 e. The minimum atomic E-state index is -0.334. The van der Waals surface area contributed by atoms with E-state index in [1.165, 1.54) is 22.3 Å². The minimum absolute atomic E-state index is 0.334. The van der Waals surface area contributed by atoms with Gasteiger partial charge in [0.15, 0.2) is 0 Å². The second-order valence-corrected chi connectivity index (χ2v) is 19.4. The molecule has 1 aliphatic rings. The summed E-state index contributed by atoms with van der Waals surface area (Å²) in [7, 11) is 0. The van der Waals surface area contributed by atoms with Gasteiger partial charge in [0.2, 0.25) is 0 Å². The van der Waals surface area contributed by atoms with Crippen LogP contribution >= 0.6 is 0 Å². The number of para-hydroxylation sites is 7. The molecule has 4 aromatic heterocycles. The maximum Gasteiger partial charge on any atom is 0.104 e. The lowest BCUT2D eigenvalue weighted by atomic mass is 9.80. The highest BCUT2D eigenvalue weighted by atomic mass is 15.1. The van der Waals surface area contributed by atoms with Gasteiger partial charge in [0.05, 0.1) is 66.9 Å². The zero-order chi connectivity index (χ0) is 47.3. The highest BCUT2D eigenvalue weighted by molar-refractivity contribution is 6.17. The zero-order valence-corrected chi connectivity index (χ0v) is 38.8. The summed E-state index contributed by atoms with van der Waals surface area (Å²) in [5, 5.41) is 33.6. The van der Waals surface area contributed by atoms with Gasteiger partial charge >= 0.3 is 0 Å². The molecule has 0 spiro atoms. The van der Waals surface area contributed by atoms with Crippen molar-refractivity contribution in [2.45, 2.75) is 19.3 Å². The summed E-state index contributed by atoms with van der Waals surface area (Å²) < 4.78 is 9.17. The van der Waals surface area contributed by atoms with Crippen LogP contribution in [-0.2, 0) is 5.41 Å². The van der Waals surface area contributed by atoms with Gasteiger partial charge in [-0.3, -0.25) is 0 Å². The predicted molar refractivity (Wildman–Crippen MR) is 291 cm³/mol. The van der Waals surface area contributed by atoms with E-state index < -0.39 is 0 Å². The molecule has 0 N–H and O–H groups in total. The van der Waals surface area contributed by atoms with Gasteiger partial charge in [0.25, 0.3) is 0 Å². The van der Waals surface area contributed by atoms with Gasteiger partial charge in [-0.05, 0) is 70.8 Å².